The van der Waals surface area contributed by atoms with E-state index in [1.165, 1.54) is 22.9 Å². The van der Waals surface area contributed by atoms with Gasteiger partial charge in [0.2, 0.25) is 10.0 Å². The lowest BCUT2D eigenvalue weighted by Crippen LogP contribution is -2.27. The van der Waals surface area contributed by atoms with Gasteiger partial charge in [0.25, 0.3) is 0 Å². The first-order valence-electron chi connectivity index (χ1n) is 6.16. The van der Waals surface area contributed by atoms with Crippen molar-refractivity contribution >= 4 is 15.7 Å². The van der Waals surface area contributed by atoms with Gasteiger partial charge in [-0.05, 0) is 43.2 Å². The van der Waals surface area contributed by atoms with E-state index in [-0.39, 0.29) is 11.4 Å². The van der Waals surface area contributed by atoms with Crippen molar-refractivity contribution < 1.29 is 12.8 Å². The Morgan fingerprint density at radius 3 is 2.60 bits per heavy atom. The Morgan fingerprint density at radius 1 is 1.30 bits per heavy atom. The van der Waals surface area contributed by atoms with E-state index in [1.54, 1.807) is 26.1 Å². The molecule has 0 atom stereocenters. The van der Waals surface area contributed by atoms with Crippen LogP contribution < -0.4 is 5.73 Å². The summed E-state index contributed by atoms with van der Waals surface area (Å²) in [7, 11) is -2.04. The lowest BCUT2D eigenvalue weighted by molar-refractivity contribution is 0.463. The number of aryl methyl sites for hydroxylation is 1. The molecule has 2 aromatic rings. The Morgan fingerprint density at radius 2 is 2.00 bits per heavy atom. The molecule has 0 spiro atoms. The van der Waals surface area contributed by atoms with Crippen LogP contribution in [-0.4, -0.2) is 19.8 Å². The van der Waals surface area contributed by atoms with Crippen molar-refractivity contribution in [3.05, 3.63) is 47.4 Å². The molecular formula is C14H18N2O3S. The molecule has 0 bridgehead atoms. The zero-order chi connectivity index (χ0) is 14.9. The summed E-state index contributed by atoms with van der Waals surface area (Å²) in [4.78, 5) is 0.251. The number of hydrogen-bond donors (Lipinski definition) is 1. The fourth-order valence-electron chi connectivity index (χ4n) is 2.01. The molecule has 0 fully saturated rings. The number of furan rings is 1. The second-order valence-corrected chi connectivity index (χ2v) is 6.87. The molecule has 2 N–H and O–H groups in total. The highest BCUT2D eigenvalue weighted by Gasteiger charge is 2.24. The molecule has 0 amide bonds. The number of anilines is 1. The summed E-state index contributed by atoms with van der Waals surface area (Å²) < 4.78 is 31.5. The van der Waals surface area contributed by atoms with Gasteiger partial charge in [-0.25, -0.2) is 8.42 Å². The van der Waals surface area contributed by atoms with Crippen molar-refractivity contribution in [3.8, 4) is 0 Å². The van der Waals surface area contributed by atoms with E-state index in [9.17, 15) is 8.42 Å². The lowest BCUT2D eigenvalue weighted by atomic mass is 10.1. The van der Waals surface area contributed by atoms with Gasteiger partial charge < -0.3 is 10.2 Å². The molecule has 1 aromatic carbocycles. The molecule has 1 aromatic heterocycles. The van der Waals surface area contributed by atoms with Crippen LogP contribution in [0.3, 0.4) is 0 Å². The first-order valence-corrected chi connectivity index (χ1v) is 7.60. The second-order valence-electron chi connectivity index (χ2n) is 4.85. The molecule has 0 aliphatic heterocycles. The Labute approximate surface area is 119 Å². The highest BCUT2D eigenvalue weighted by molar-refractivity contribution is 7.89. The minimum absolute atomic E-state index is 0.251. The Bertz CT molecular complexity index is 706. The molecule has 0 unspecified atom stereocenters. The topological polar surface area (TPSA) is 76.5 Å². The van der Waals surface area contributed by atoms with Crippen molar-refractivity contribution in [2.45, 2.75) is 25.3 Å². The van der Waals surface area contributed by atoms with Crippen LogP contribution in [0.5, 0.6) is 0 Å². The highest BCUT2D eigenvalue weighted by atomic mass is 32.2. The fourth-order valence-corrected chi connectivity index (χ4v) is 3.50. The predicted molar refractivity (Wildman–Crippen MR) is 77.7 cm³/mol. The van der Waals surface area contributed by atoms with Crippen LogP contribution in [0.2, 0.25) is 0 Å². The molecule has 0 saturated carbocycles. The normalized spacial score (nSPS) is 12.0. The maximum atomic E-state index is 12.6. The number of nitrogens with two attached hydrogens (primary N) is 1. The highest BCUT2D eigenvalue weighted by Crippen LogP contribution is 2.25. The molecule has 0 saturated heterocycles. The van der Waals surface area contributed by atoms with Gasteiger partial charge in [0, 0.05) is 24.8 Å². The van der Waals surface area contributed by atoms with E-state index in [2.05, 4.69) is 0 Å². The van der Waals surface area contributed by atoms with Crippen molar-refractivity contribution in [2.75, 3.05) is 12.8 Å². The summed E-state index contributed by atoms with van der Waals surface area (Å²) in [5, 5.41) is 0. The average Bonchev–Trinajstić information content (AvgIpc) is 2.86. The van der Waals surface area contributed by atoms with Gasteiger partial charge >= 0.3 is 0 Å². The maximum absolute atomic E-state index is 12.6. The van der Waals surface area contributed by atoms with Gasteiger partial charge in [-0.2, -0.15) is 4.31 Å². The van der Waals surface area contributed by atoms with Crippen molar-refractivity contribution in [1.82, 2.24) is 4.31 Å². The van der Waals surface area contributed by atoms with Gasteiger partial charge in [0.1, 0.15) is 0 Å². The zero-order valence-corrected chi connectivity index (χ0v) is 12.6. The molecule has 6 heteroatoms. The van der Waals surface area contributed by atoms with Crippen LogP contribution in [0.1, 0.15) is 16.7 Å². The molecule has 108 valence electrons. The van der Waals surface area contributed by atoms with E-state index < -0.39 is 10.0 Å². The largest absolute Gasteiger partial charge is 0.472 e. The summed E-state index contributed by atoms with van der Waals surface area (Å²) in [6, 6.07) is 5.01. The third-order valence-electron chi connectivity index (χ3n) is 3.32. The third-order valence-corrected chi connectivity index (χ3v) is 5.25. The Kier molecular flexibility index (Phi) is 3.87. The minimum Gasteiger partial charge on any atom is -0.472 e. The smallest absolute Gasteiger partial charge is 0.243 e. The van der Waals surface area contributed by atoms with Crippen molar-refractivity contribution in [3.63, 3.8) is 0 Å². The van der Waals surface area contributed by atoms with Gasteiger partial charge in [0.15, 0.2) is 0 Å². The van der Waals surface area contributed by atoms with E-state index in [1.807, 2.05) is 6.92 Å². The first kappa shape index (κ1) is 14.6. The summed E-state index contributed by atoms with van der Waals surface area (Å²) in [6.45, 7) is 3.89. The summed E-state index contributed by atoms with van der Waals surface area (Å²) >= 11 is 0. The number of benzene rings is 1. The fraction of sp³-hybridized carbons (Fsp3) is 0.286. The Balaban J connectivity index is 2.40. The van der Waals surface area contributed by atoms with Crippen LogP contribution >= 0.6 is 0 Å². The summed E-state index contributed by atoms with van der Waals surface area (Å²) in [5.74, 6) is 0. The van der Waals surface area contributed by atoms with E-state index in [0.29, 0.717) is 5.69 Å². The van der Waals surface area contributed by atoms with Gasteiger partial charge in [-0.15, -0.1) is 0 Å². The molecular weight excluding hydrogens is 276 g/mol. The number of hydrogen-bond acceptors (Lipinski definition) is 4. The quantitative estimate of drug-likeness (QED) is 0.878. The van der Waals surface area contributed by atoms with Gasteiger partial charge in [-0.1, -0.05) is 0 Å². The van der Waals surface area contributed by atoms with Gasteiger partial charge in [-0.3, -0.25) is 0 Å². The third kappa shape index (κ3) is 2.71. The number of sulfonamides is 1. The molecule has 0 aliphatic rings. The minimum atomic E-state index is -3.58. The van der Waals surface area contributed by atoms with Crippen molar-refractivity contribution in [2.24, 2.45) is 0 Å². The Hall–Kier alpha value is -1.79. The number of rotatable bonds is 4. The lowest BCUT2D eigenvalue weighted by Gasteiger charge is -2.19. The van der Waals surface area contributed by atoms with Crippen LogP contribution in [0.15, 0.2) is 40.0 Å². The van der Waals surface area contributed by atoms with Gasteiger partial charge in [0.05, 0.1) is 17.4 Å². The summed E-state index contributed by atoms with van der Waals surface area (Å²) in [5.41, 5.74) is 8.59. The van der Waals surface area contributed by atoms with Crippen LogP contribution in [-0.2, 0) is 16.6 Å². The molecule has 2 rings (SSSR count). The first-order chi connectivity index (χ1) is 9.32. The average molecular weight is 294 g/mol. The number of nitrogens with zero attached hydrogens (tertiary/aromatic N) is 1. The number of nitrogen functional groups attached to an aromatic ring is 1. The SMILES string of the molecule is Cc1cc(N)cc(S(=O)(=O)N(C)Cc2ccoc2)c1C. The molecule has 20 heavy (non-hydrogen) atoms. The van der Waals surface area contributed by atoms with E-state index in [0.717, 1.165) is 16.7 Å². The molecule has 1 heterocycles. The van der Waals surface area contributed by atoms with Crippen molar-refractivity contribution in [1.29, 1.82) is 0 Å². The standard InChI is InChI=1S/C14H18N2O3S/c1-10-6-13(15)7-14(11(10)2)20(17,18)16(3)8-12-4-5-19-9-12/h4-7,9H,8,15H2,1-3H3. The summed E-state index contributed by atoms with van der Waals surface area (Å²) in [6.07, 6.45) is 3.05. The predicted octanol–water partition coefficient (Wildman–Crippen LogP) is 2.30. The van der Waals surface area contributed by atoms with E-state index in [4.69, 9.17) is 10.2 Å². The maximum Gasteiger partial charge on any atom is 0.243 e. The second kappa shape index (κ2) is 5.30. The van der Waals surface area contributed by atoms with Crippen LogP contribution in [0.25, 0.3) is 0 Å². The van der Waals surface area contributed by atoms with E-state index >= 15 is 0 Å². The van der Waals surface area contributed by atoms with Crippen LogP contribution in [0.4, 0.5) is 5.69 Å². The zero-order valence-electron chi connectivity index (χ0n) is 11.8. The monoisotopic (exact) mass is 294 g/mol. The molecule has 0 radical (unpaired) electrons. The molecule has 0 aliphatic carbocycles. The molecule has 5 nitrogen and oxygen atoms in total. The van der Waals surface area contributed by atoms with Crippen LogP contribution in [0, 0.1) is 13.8 Å².